The Bertz CT molecular complexity index is 743. The van der Waals surface area contributed by atoms with Gasteiger partial charge in [-0.3, -0.25) is 4.79 Å². The summed E-state index contributed by atoms with van der Waals surface area (Å²) in [5.74, 6) is 0.843. The Morgan fingerprint density at radius 1 is 1.19 bits per heavy atom. The summed E-state index contributed by atoms with van der Waals surface area (Å²) in [4.78, 5) is 19.8. The number of para-hydroxylation sites is 2. The minimum Gasteiger partial charge on any atom is -0.352 e. The van der Waals surface area contributed by atoms with Gasteiger partial charge in [-0.05, 0) is 31.2 Å². The molecule has 106 valence electrons. The summed E-state index contributed by atoms with van der Waals surface area (Å²) in [6, 6.07) is 15.5. The molecular formula is C17H17N3O. The fourth-order valence-corrected chi connectivity index (χ4v) is 2.31. The Balaban J connectivity index is 1.59. The summed E-state index contributed by atoms with van der Waals surface area (Å²) in [5, 5.41) is 2.92. The molecule has 1 aromatic heterocycles. The number of carbonyl (C=O) groups excluding carboxylic acids is 1. The van der Waals surface area contributed by atoms with E-state index in [4.69, 9.17) is 0 Å². The molecule has 0 radical (unpaired) electrons. The predicted molar refractivity (Wildman–Crippen MR) is 83.3 cm³/mol. The summed E-state index contributed by atoms with van der Waals surface area (Å²) in [6.07, 6.45) is 0.687. The van der Waals surface area contributed by atoms with Crippen LogP contribution in [0.3, 0.4) is 0 Å². The number of aryl methyl sites for hydroxylation is 1. The molecule has 0 aliphatic rings. The molecule has 2 aromatic carbocycles. The fraction of sp³-hybridized carbons (Fsp3) is 0.176. The van der Waals surface area contributed by atoms with Crippen LogP contribution in [0.1, 0.15) is 21.7 Å². The van der Waals surface area contributed by atoms with Gasteiger partial charge < -0.3 is 10.3 Å². The maximum Gasteiger partial charge on any atom is 0.251 e. The molecule has 0 saturated heterocycles. The second-order valence-corrected chi connectivity index (χ2v) is 5.08. The molecule has 0 bridgehead atoms. The van der Waals surface area contributed by atoms with Gasteiger partial charge in [0.05, 0.1) is 11.0 Å². The van der Waals surface area contributed by atoms with Crippen molar-refractivity contribution in [3.8, 4) is 0 Å². The number of amides is 1. The van der Waals surface area contributed by atoms with E-state index in [9.17, 15) is 4.79 Å². The van der Waals surface area contributed by atoms with Crippen molar-refractivity contribution in [2.24, 2.45) is 0 Å². The van der Waals surface area contributed by atoms with Gasteiger partial charge in [0.1, 0.15) is 5.82 Å². The van der Waals surface area contributed by atoms with Crippen molar-refractivity contribution in [3.63, 3.8) is 0 Å². The molecule has 2 N–H and O–H groups in total. The van der Waals surface area contributed by atoms with E-state index >= 15 is 0 Å². The van der Waals surface area contributed by atoms with Crippen LogP contribution in [0.25, 0.3) is 11.0 Å². The molecule has 0 atom stereocenters. The number of fused-ring (bicyclic) bond motifs is 1. The van der Waals surface area contributed by atoms with E-state index in [0.717, 1.165) is 22.4 Å². The van der Waals surface area contributed by atoms with Crippen molar-refractivity contribution in [2.75, 3.05) is 6.54 Å². The molecular weight excluding hydrogens is 262 g/mol. The molecule has 0 unspecified atom stereocenters. The summed E-state index contributed by atoms with van der Waals surface area (Å²) in [5.41, 5.74) is 3.76. The van der Waals surface area contributed by atoms with Crippen molar-refractivity contribution in [2.45, 2.75) is 13.3 Å². The number of H-pyrrole nitrogens is 1. The standard InChI is InChI=1S/C17H17N3O/c1-12-5-4-6-13(11-12)17(21)18-10-9-16-19-14-7-2-3-8-15(14)20-16/h2-8,11H,9-10H2,1H3,(H,18,21)(H,19,20). The predicted octanol–water partition coefficient (Wildman–Crippen LogP) is 2.84. The zero-order valence-electron chi connectivity index (χ0n) is 11.9. The summed E-state index contributed by atoms with van der Waals surface area (Å²) >= 11 is 0. The second kappa shape index (κ2) is 5.79. The highest BCUT2D eigenvalue weighted by Gasteiger charge is 2.06. The van der Waals surface area contributed by atoms with Crippen LogP contribution >= 0.6 is 0 Å². The molecule has 1 amide bonds. The van der Waals surface area contributed by atoms with Gasteiger partial charge in [0.15, 0.2) is 0 Å². The quantitative estimate of drug-likeness (QED) is 0.771. The number of aromatic amines is 1. The van der Waals surface area contributed by atoms with Crippen LogP contribution in [0.2, 0.25) is 0 Å². The number of rotatable bonds is 4. The number of imidazole rings is 1. The van der Waals surface area contributed by atoms with Gasteiger partial charge in [0, 0.05) is 18.5 Å². The first-order valence-electron chi connectivity index (χ1n) is 7.01. The first kappa shape index (κ1) is 13.4. The van der Waals surface area contributed by atoms with Crippen molar-refractivity contribution in [1.82, 2.24) is 15.3 Å². The molecule has 0 saturated carbocycles. The molecule has 3 rings (SSSR count). The van der Waals surface area contributed by atoms with E-state index in [2.05, 4.69) is 15.3 Å². The highest BCUT2D eigenvalue weighted by molar-refractivity contribution is 5.94. The van der Waals surface area contributed by atoms with Crippen LogP contribution in [0.15, 0.2) is 48.5 Å². The molecule has 0 fully saturated rings. The number of carbonyl (C=O) groups is 1. The zero-order chi connectivity index (χ0) is 14.7. The average Bonchev–Trinajstić information content (AvgIpc) is 2.89. The third kappa shape index (κ3) is 3.11. The normalized spacial score (nSPS) is 10.7. The molecule has 0 aliphatic carbocycles. The van der Waals surface area contributed by atoms with Crippen LogP contribution in [0.4, 0.5) is 0 Å². The number of hydrogen-bond acceptors (Lipinski definition) is 2. The third-order valence-corrected chi connectivity index (χ3v) is 3.37. The number of benzene rings is 2. The monoisotopic (exact) mass is 279 g/mol. The third-order valence-electron chi connectivity index (χ3n) is 3.37. The Morgan fingerprint density at radius 3 is 2.86 bits per heavy atom. The molecule has 0 spiro atoms. The van der Waals surface area contributed by atoms with Crippen LogP contribution < -0.4 is 5.32 Å². The second-order valence-electron chi connectivity index (χ2n) is 5.08. The zero-order valence-corrected chi connectivity index (χ0v) is 11.9. The lowest BCUT2D eigenvalue weighted by Crippen LogP contribution is -2.25. The smallest absolute Gasteiger partial charge is 0.251 e. The number of aromatic nitrogens is 2. The van der Waals surface area contributed by atoms with Gasteiger partial charge >= 0.3 is 0 Å². The van der Waals surface area contributed by atoms with Crippen molar-refractivity contribution in [3.05, 3.63) is 65.5 Å². The van der Waals surface area contributed by atoms with Crippen molar-refractivity contribution < 1.29 is 4.79 Å². The van der Waals surface area contributed by atoms with E-state index < -0.39 is 0 Å². The minimum absolute atomic E-state index is 0.0465. The lowest BCUT2D eigenvalue weighted by Gasteiger charge is -2.04. The van der Waals surface area contributed by atoms with Crippen molar-refractivity contribution >= 4 is 16.9 Å². The molecule has 4 nitrogen and oxygen atoms in total. The van der Waals surface area contributed by atoms with E-state index in [1.54, 1.807) is 0 Å². The Kier molecular flexibility index (Phi) is 3.69. The fourth-order valence-electron chi connectivity index (χ4n) is 2.31. The highest BCUT2D eigenvalue weighted by atomic mass is 16.1. The van der Waals surface area contributed by atoms with E-state index in [-0.39, 0.29) is 5.91 Å². The van der Waals surface area contributed by atoms with Crippen LogP contribution in [0, 0.1) is 6.92 Å². The maximum atomic E-state index is 12.0. The SMILES string of the molecule is Cc1cccc(C(=O)NCCc2nc3ccccc3[nH]2)c1. The molecule has 1 heterocycles. The number of hydrogen-bond donors (Lipinski definition) is 2. The number of nitrogens with one attached hydrogen (secondary N) is 2. The molecule has 21 heavy (non-hydrogen) atoms. The van der Waals surface area contributed by atoms with Crippen LogP contribution in [-0.2, 0) is 6.42 Å². The van der Waals surface area contributed by atoms with E-state index in [0.29, 0.717) is 18.5 Å². The van der Waals surface area contributed by atoms with Gasteiger partial charge in [0.25, 0.3) is 5.91 Å². The lowest BCUT2D eigenvalue weighted by molar-refractivity contribution is 0.0954. The Hall–Kier alpha value is -2.62. The highest BCUT2D eigenvalue weighted by Crippen LogP contribution is 2.10. The van der Waals surface area contributed by atoms with Gasteiger partial charge in [-0.25, -0.2) is 4.98 Å². The topological polar surface area (TPSA) is 57.8 Å². The van der Waals surface area contributed by atoms with Crippen LogP contribution in [-0.4, -0.2) is 22.4 Å². The minimum atomic E-state index is -0.0465. The number of nitrogens with zero attached hydrogens (tertiary/aromatic N) is 1. The van der Waals surface area contributed by atoms with Crippen molar-refractivity contribution in [1.29, 1.82) is 0 Å². The summed E-state index contributed by atoms with van der Waals surface area (Å²) in [6.45, 7) is 2.54. The van der Waals surface area contributed by atoms with Gasteiger partial charge in [-0.1, -0.05) is 29.8 Å². The summed E-state index contributed by atoms with van der Waals surface area (Å²) in [7, 11) is 0. The molecule has 4 heteroatoms. The molecule has 0 aliphatic heterocycles. The molecule has 3 aromatic rings. The van der Waals surface area contributed by atoms with E-state index in [1.165, 1.54) is 0 Å². The Morgan fingerprint density at radius 2 is 2.05 bits per heavy atom. The van der Waals surface area contributed by atoms with Gasteiger partial charge in [-0.15, -0.1) is 0 Å². The first-order chi connectivity index (χ1) is 10.2. The van der Waals surface area contributed by atoms with Gasteiger partial charge in [0.2, 0.25) is 0 Å². The van der Waals surface area contributed by atoms with Crippen LogP contribution in [0.5, 0.6) is 0 Å². The lowest BCUT2D eigenvalue weighted by atomic mass is 10.1. The maximum absolute atomic E-state index is 12.0. The van der Waals surface area contributed by atoms with Gasteiger partial charge in [-0.2, -0.15) is 0 Å². The Labute approximate surface area is 123 Å². The largest absolute Gasteiger partial charge is 0.352 e. The summed E-state index contributed by atoms with van der Waals surface area (Å²) < 4.78 is 0. The average molecular weight is 279 g/mol. The van der Waals surface area contributed by atoms with E-state index in [1.807, 2.05) is 55.5 Å². The first-order valence-corrected chi connectivity index (χ1v) is 7.01.